The summed E-state index contributed by atoms with van der Waals surface area (Å²) in [5.74, 6) is -0.234. The number of carbonyl (C=O) groups is 3. The molecule has 0 radical (unpaired) electrons. The molecule has 7 nitrogen and oxygen atoms in total. The lowest BCUT2D eigenvalue weighted by Gasteiger charge is -2.26. The van der Waals surface area contributed by atoms with Crippen LogP contribution >= 0.6 is 0 Å². The van der Waals surface area contributed by atoms with Crippen LogP contribution in [-0.2, 0) is 9.59 Å². The topological polar surface area (TPSA) is 85.5 Å². The van der Waals surface area contributed by atoms with Gasteiger partial charge in [0.2, 0.25) is 5.91 Å². The highest BCUT2D eigenvalue weighted by atomic mass is 16.2. The molecule has 7 heteroatoms. The first-order chi connectivity index (χ1) is 11.5. The Bertz CT molecular complexity index is 682. The van der Waals surface area contributed by atoms with Crippen molar-refractivity contribution in [3.8, 4) is 0 Å². The van der Waals surface area contributed by atoms with Crippen molar-refractivity contribution in [1.29, 1.82) is 0 Å². The molecule has 2 aliphatic heterocycles. The number of amides is 4. The molecule has 24 heavy (non-hydrogen) atoms. The van der Waals surface area contributed by atoms with E-state index in [1.165, 1.54) is 0 Å². The molecular formula is C17H22N4O3. The van der Waals surface area contributed by atoms with Gasteiger partial charge in [-0.1, -0.05) is 0 Å². The largest absolute Gasteiger partial charge is 0.363 e. The first-order valence-corrected chi connectivity index (χ1v) is 8.57. The minimum Gasteiger partial charge on any atom is -0.363 e. The van der Waals surface area contributed by atoms with Crippen LogP contribution in [0.1, 0.15) is 44.3 Å². The molecule has 2 unspecified atom stereocenters. The highest BCUT2D eigenvalue weighted by Crippen LogP contribution is 2.42. The smallest absolute Gasteiger partial charge is 0.325 e. The van der Waals surface area contributed by atoms with Gasteiger partial charge in [0.15, 0.2) is 0 Å². The zero-order valence-corrected chi connectivity index (χ0v) is 13.7. The van der Waals surface area contributed by atoms with E-state index >= 15 is 0 Å². The molecule has 0 spiro atoms. The van der Waals surface area contributed by atoms with E-state index in [1.54, 1.807) is 11.8 Å². The Morgan fingerprint density at radius 3 is 2.79 bits per heavy atom. The molecule has 2 N–H and O–H groups in total. The summed E-state index contributed by atoms with van der Waals surface area (Å²) in [5, 5.41) is 2.79. The number of hydrogen-bond donors (Lipinski definition) is 2. The summed E-state index contributed by atoms with van der Waals surface area (Å²) in [7, 11) is 0. The fraction of sp³-hybridized carbons (Fsp3) is 0.588. The van der Waals surface area contributed by atoms with Crippen molar-refractivity contribution < 1.29 is 14.4 Å². The fourth-order valence-corrected chi connectivity index (χ4v) is 3.96. The van der Waals surface area contributed by atoms with E-state index in [-0.39, 0.29) is 30.3 Å². The van der Waals surface area contributed by atoms with Crippen molar-refractivity contribution in [2.24, 2.45) is 5.92 Å². The van der Waals surface area contributed by atoms with Crippen LogP contribution in [0.5, 0.6) is 0 Å². The highest BCUT2D eigenvalue weighted by molar-refractivity contribution is 6.09. The van der Waals surface area contributed by atoms with Gasteiger partial charge in [-0.2, -0.15) is 0 Å². The second-order valence-electron chi connectivity index (χ2n) is 7.17. The van der Waals surface area contributed by atoms with E-state index in [9.17, 15) is 14.4 Å². The average molecular weight is 330 g/mol. The van der Waals surface area contributed by atoms with Crippen LogP contribution in [-0.4, -0.2) is 51.3 Å². The van der Waals surface area contributed by atoms with Crippen LogP contribution in [0.15, 0.2) is 18.3 Å². The summed E-state index contributed by atoms with van der Waals surface area (Å²) in [6, 6.07) is 3.43. The quantitative estimate of drug-likeness (QED) is 0.818. The number of rotatable bonds is 4. The van der Waals surface area contributed by atoms with E-state index in [4.69, 9.17) is 0 Å². The second kappa shape index (κ2) is 5.36. The summed E-state index contributed by atoms with van der Waals surface area (Å²) in [6.45, 7) is 2.25. The van der Waals surface area contributed by atoms with Gasteiger partial charge in [0.25, 0.3) is 5.91 Å². The Hall–Kier alpha value is -2.31. The number of urea groups is 1. The van der Waals surface area contributed by atoms with E-state index < -0.39 is 11.6 Å². The minimum absolute atomic E-state index is 0.00285. The number of hydrogen-bond acceptors (Lipinski definition) is 3. The lowest BCUT2D eigenvalue weighted by molar-refractivity contribution is -0.139. The van der Waals surface area contributed by atoms with Crippen molar-refractivity contribution in [3.05, 3.63) is 24.0 Å². The third kappa shape index (κ3) is 2.30. The second-order valence-corrected chi connectivity index (χ2v) is 7.17. The summed E-state index contributed by atoms with van der Waals surface area (Å²) >= 11 is 0. The maximum absolute atomic E-state index is 12.7. The number of aromatic amines is 1. The molecule has 3 fully saturated rings. The summed E-state index contributed by atoms with van der Waals surface area (Å²) in [4.78, 5) is 43.6. The van der Waals surface area contributed by atoms with Crippen molar-refractivity contribution in [2.45, 2.75) is 44.2 Å². The maximum atomic E-state index is 12.7. The molecule has 1 aliphatic carbocycles. The molecule has 1 saturated carbocycles. The van der Waals surface area contributed by atoms with Crippen LogP contribution in [0.25, 0.3) is 0 Å². The van der Waals surface area contributed by atoms with Gasteiger partial charge in [-0.3, -0.25) is 14.5 Å². The SMILES string of the molecule is CC1(C2CC2)NC(=O)N(CC(=O)N2CCCC2c2ccc[nH]2)C1=O. The standard InChI is InChI=1S/C17H22N4O3/c1-17(11-6-7-11)15(23)21(16(24)19-17)10-14(22)20-9-3-5-13(20)12-4-2-8-18-12/h2,4,8,11,13,18H,3,5-7,9-10H2,1H3,(H,19,24). The fourth-order valence-electron chi connectivity index (χ4n) is 3.96. The monoisotopic (exact) mass is 330 g/mol. The molecule has 4 rings (SSSR count). The van der Waals surface area contributed by atoms with Crippen LogP contribution in [0.4, 0.5) is 4.79 Å². The number of likely N-dealkylation sites (tertiary alicyclic amines) is 1. The van der Waals surface area contributed by atoms with Crippen molar-refractivity contribution in [2.75, 3.05) is 13.1 Å². The number of imide groups is 1. The van der Waals surface area contributed by atoms with Crippen molar-refractivity contribution in [1.82, 2.24) is 20.1 Å². The molecule has 2 atom stereocenters. The molecule has 3 heterocycles. The zero-order valence-electron chi connectivity index (χ0n) is 13.7. The van der Waals surface area contributed by atoms with E-state index in [0.717, 1.165) is 36.3 Å². The summed E-state index contributed by atoms with van der Waals surface area (Å²) in [6.07, 6.45) is 5.56. The van der Waals surface area contributed by atoms with Gasteiger partial charge in [-0.15, -0.1) is 0 Å². The zero-order chi connectivity index (χ0) is 16.9. The van der Waals surface area contributed by atoms with Crippen LogP contribution in [0.3, 0.4) is 0 Å². The van der Waals surface area contributed by atoms with E-state index in [2.05, 4.69) is 10.3 Å². The van der Waals surface area contributed by atoms with Gasteiger partial charge in [0, 0.05) is 18.4 Å². The molecule has 1 aromatic heterocycles. The van der Waals surface area contributed by atoms with Gasteiger partial charge >= 0.3 is 6.03 Å². The van der Waals surface area contributed by atoms with Crippen molar-refractivity contribution >= 4 is 17.8 Å². The Morgan fingerprint density at radius 2 is 2.12 bits per heavy atom. The first kappa shape index (κ1) is 15.2. The average Bonchev–Trinajstić information content (AvgIpc) is 3.00. The predicted molar refractivity (Wildman–Crippen MR) is 85.9 cm³/mol. The minimum atomic E-state index is -0.832. The van der Waals surface area contributed by atoms with Crippen LogP contribution in [0, 0.1) is 5.92 Å². The Labute approximate surface area is 140 Å². The Kier molecular flexibility index (Phi) is 3.40. The Balaban J connectivity index is 1.48. The first-order valence-electron chi connectivity index (χ1n) is 8.57. The van der Waals surface area contributed by atoms with Gasteiger partial charge in [0.1, 0.15) is 12.1 Å². The number of aromatic nitrogens is 1. The molecule has 4 amide bonds. The number of H-pyrrole nitrogens is 1. The third-order valence-electron chi connectivity index (χ3n) is 5.54. The summed E-state index contributed by atoms with van der Waals surface area (Å²) in [5.41, 5.74) is 0.169. The lowest BCUT2D eigenvalue weighted by atomic mass is 9.96. The molecule has 128 valence electrons. The van der Waals surface area contributed by atoms with Crippen LogP contribution < -0.4 is 5.32 Å². The molecule has 1 aromatic rings. The molecular weight excluding hydrogens is 308 g/mol. The van der Waals surface area contributed by atoms with Gasteiger partial charge in [0.05, 0.1) is 6.04 Å². The maximum Gasteiger partial charge on any atom is 0.325 e. The van der Waals surface area contributed by atoms with E-state index in [0.29, 0.717) is 6.54 Å². The number of nitrogens with zero attached hydrogens (tertiary/aromatic N) is 2. The number of nitrogens with one attached hydrogen (secondary N) is 2. The predicted octanol–water partition coefficient (Wildman–Crippen LogP) is 1.40. The normalized spacial score (nSPS) is 30.1. The van der Waals surface area contributed by atoms with Crippen molar-refractivity contribution in [3.63, 3.8) is 0 Å². The molecule has 3 aliphatic rings. The third-order valence-corrected chi connectivity index (χ3v) is 5.54. The van der Waals surface area contributed by atoms with Gasteiger partial charge in [-0.25, -0.2) is 4.79 Å². The van der Waals surface area contributed by atoms with Gasteiger partial charge < -0.3 is 15.2 Å². The Morgan fingerprint density at radius 1 is 1.33 bits per heavy atom. The lowest BCUT2D eigenvalue weighted by Crippen LogP contribution is -2.47. The molecule has 0 aromatic carbocycles. The summed E-state index contributed by atoms with van der Waals surface area (Å²) < 4.78 is 0. The molecule has 0 bridgehead atoms. The van der Waals surface area contributed by atoms with E-state index in [1.807, 2.05) is 18.3 Å². The van der Waals surface area contributed by atoms with Crippen LogP contribution in [0.2, 0.25) is 0 Å². The van der Waals surface area contributed by atoms with Gasteiger partial charge in [-0.05, 0) is 50.7 Å². The highest BCUT2D eigenvalue weighted by Gasteiger charge is 2.56. The number of carbonyl (C=O) groups excluding carboxylic acids is 3. The molecule has 2 saturated heterocycles.